The van der Waals surface area contributed by atoms with E-state index in [1.165, 1.54) is 0 Å². The second-order valence-electron chi connectivity index (χ2n) is 2.00. The Labute approximate surface area is 55.8 Å². The third kappa shape index (κ3) is 4.09. The SMILES string of the molecule is CCC(CC)NCN=O. The van der Waals surface area contributed by atoms with Gasteiger partial charge in [0.2, 0.25) is 0 Å². The molecule has 0 aliphatic carbocycles. The molecule has 0 atom stereocenters. The van der Waals surface area contributed by atoms with Crippen molar-refractivity contribution in [3.63, 3.8) is 0 Å². The van der Waals surface area contributed by atoms with Gasteiger partial charge in [0.05, 0.1) is 0 Å². The van der Waals surface area contributed by atoms with Gasteiger partial charge in [0.1, 0.15) is 6.67 Å². The van der Waals surface area contributed by atoms with Crippen molar-refractivity contribution in [1.29, 1.82) is 0 Å². The summed E-state index contributed by atoms with van der Waals surface area (Å²) in [6.45, 7) is 4.42. The molecule has 0 saturated heterocycles. The van der Waals surface area contributed by atoms with Gasteiger partial charge in [-0.2, -0.15) is 0 Å². The molecule has 0 aliphatic heterocycles. The molecule has 0 radical (unpaired) electrons. The van der Waals surface area contributed by atoms with Gasteiger partial charge in [0.15, 0.2) is 0 Å². The predicted molar refractivity (Wildman–Crippen MR) is 38.2 cm³/mol. The topological polar surface area (TPSA) is 41.5 Å². The minimum atomic E-state index is 0.242. The largest absolute Gasteiger partial charge is 0.293 e. The molecule has 9 heavy (non-hydrogen) atoms. The number of nitroso groups, excluding NO2 is 1. The summed E-state index contributed by atoms with van der Waals surface area (Å²) >= 11 is 0. The first kappa shape index (κ1) is 8.56. The minimum Gasteiger partial charge on any atom is -0.293 e. The van der Waals surface area contributed by atoms with Crippen molar-refractivity contribution in [1.82, 2.24) is 5.32 Å². The van der Waals surface area contributed by atoms with E-state index in [9.17, 15) is 4.91 Å². The van der Waals surface area contributed by atoms with E-state index < -0.39 is 0 Å². The van der Waals surface area contributed by atoms with Crippen LogP contribution in [0.3, 0.4) is 0 Å². The number of hydrogen-bond acceptors (Lipinski definition) is 3. The van der Waals surface area contributed by atoms with Gasteiger partial charge in [-0.3, -0.25) is 5.32 Å². The maximum absolute atomic E-state index is 9.63. The van der Waals surface area contributed by atoms with Gasteiger partial charge in [0, 0.05) is 6.04 Å². The molecule has 0 aromatic carbocycles. The van der Waals surface area contributed by atoms with Gasteiger partial charge < -0.3 is 0 Å². The zero-order valence-electron chi connectivity index (χ0n) is 6.05. The number of nitrogens with one attached hydrogen (secondary N) is 1. The van der Waals surface area contributed by atoms with Crippen molar-refractivity contribution in [2.45, 2.75) is 32.7 Å². The molecule has 0 amide bonds. The summed E-state index contributed by atoms with van der Waals surface area (Å²) < 4.78 is 0. The molecule has 0 bridgehead atoms. The molecule has 0 spiro atoms. The summed E-state index contributed by atoms with van der Waals surface area (Å²) in [6.07, 6.45) is 2.12. The van der Waals surface area contributed by atoms with Crippen LogP contribution in [-0.2, 0) is 0 Å². The third-order valence-electron chi connectivity index (χ3n) is 1.43. The van der Waals surface area contributed by atoms with E-state index in [-0.39, 0.29) is 6.67 Å². The average Bonchev–Trinajstić information content (AvgIpc) is 1.91. The second-order valence-corrected chi connectivity index (χ2v) is 2.00. The maximum atomic E-state index is 9.63. The third-order valence-corrected chi connectivity index (χ3v) is 1.43. The Morgan fingerprint density at radius 3 is 2.33 bits per heavy atom. The van der Waals surface area contributed by atoms with Crippen molar-refractivity contribution in [2.24, 2.45) is 5.18 Å². The molecule has 3 heteroatoms. The van der Waals surface area contributed by atoms with Crippen LogP contribution in [0.5, 0.6) is 0 Å². The highest BCUT2D eigenvalue weighted by Gasteiger charge is 1.98. The Morgan fingerprint density at radius 2 is 2.00 bits per heavy atom. The van der Waals surface area contributed by atoms with E-state index in [0.29, 0.717) is 6.04 Å². The van der Waals surface area contributed by atoms with Crippen molar-refractivity contribution in [3.05, 3.63) is 4.91 Å². The van der Waals surface area contributed by atoms with E-state index >= 15 is 0 Å². The highest BCUT2D eigenvalue weighted by molar-refractivity contribution is 4.59. The van der Waals surface area contributed by atoms with E-state index in [0.717, 1.165) is 12.8 Å². The van der Waals surface area contributed by atoms with Crippen LogP contribution in [0.1, 0.15) is 26.7 Å². The monoisotopic (exact) mass is 130 g/mol. The maximum Gasteiger partial charge on any atom is 0.131 e. The lowest BCUT2D eigenvalue weighted by atomic mass is 10.2. The molecule has 0 aliphatic rings. The molecule has 0 aromatic rings. The number of rotatable bonds is 5. The highest BCUT2D eigenvalue weighted by atomic mass is 16.3. The molecule has 0 unspecified atom stereocenters. The smallest absolute Gasteiger partial charge is 0.131 e. The van der Waals surface area contributed by atoms with Crippen molar-refractivity contribution >= 4 is 0 Å². The lowest BCUT2D eigenvalue weighted by Gasteiger charge is -2.10. The minimum absolute atomic E-state index is 0.242. The molecule has 54 valence electrons. The number of hydrogen-bond donors (Lipinski definition) is 1. The van der Waals surface area contributed by atoms with Crippen LogP contribution in [0.4, 0.5) is 0 Å². The Kier molecular flexibility index (Phi) is 5.41. The quantitative estimate of drug-likeness (QED) is 0.573. The van der Waals surface area contributed by atoms with Crippen LogP contribution in [0, 0.1) is 4.91 Å². The molecule has 1 N–H and O–H groups in total. The van der Waals surface area contributed by atoms with Gasteiger partial charge in [-0.25, -0.2) is 0 Å². The second kappa shape index (κ2) is 5.69. The molecular weight excluding hydrogens is 116 g/mol. The molecule has 0 aromatic heterocycles. The van der Waals surface area contributed by atoms with Crippen LogP contribution in [-0.4, -0.2) is 12.7 Å². The summed E-state index contributed by atoms with van der Waals surface area (Å²) in [5, 5.41) is 5.70. The van der Waals surface area contributed by atoms with E-state index in [1.54, 1.807) is 0 Å². The molecule has 3 nitrogen and oxygen atoms in total. The summed E-state index contributed by atoms with van der Waals surface area (Å²) in [4.78, 5) is 9.63. The standard InChI is InChI=1S/C6H14N2O/c1-3-6(4-2)7-5-8-9/h6-7H,3-5H2,1-2H3. The Bertz CT molecular complexity index is 71.5. The summed E-state index contributed by atoms with van der Waals surface area (Å²) in [6, 6.07) is 0.461. The number of nitrogens with zero attached hydrogens (tertiary/aromatic N) is 1. The summed E-state index contributed by atoms with van der Waals surface area (Å²) in [7, 11) is 0. The molecule has 0 fully saturated rings. The van der Waals surface area contributed by atoms with Crippen LogP contribution < -0.4 is 5.32 Å². The molecule has 0 heterocycles. The molecule has 0 rings (SSSR count). The van der Waals surface area contributed by atoms with E-state index in [1.807, 2.05) is 0 Å². The average molecular weight is 130 g/mol. The van der Waals surface area contributed by atoms with Crippen LogP contribution in [0.25, 0.3) is 0 Å². The van der Waals surface area contributed by atoms with Gasteiger partial charge in [-0.15, -0.1) is 4.91 Å². The fraction of sp³-hybridized carbons (Fsp3) is 1.00. The molecule has 0 saturated carbocycles. The van der Waals surface area contributed by atoms with Gasteiger partial charge >= 0.3 is 0 Å². The lowest BCUT2D eigenvalue weighted by Crippen LogP contribution is -2.27. The first-order valence-corrected chi connectivity index (χ1v) is 3.37. The van der Waals surface area contributed by atoms with Gasteiger partial charge in [-0.05, 0) is 12.8 Å². The Morgan fingerprint density at radius 1 is 1.44 bits per heavy atom. The van der Waals surface area contributed by atoms with Crippen LogP contribution in [0.2, 0.25) is 0 Å². The summed E-state index contributed by atoms with van der Waals surface area (Å²) in [5.41, 5.74) is 0. The zero-order valence-corrected chi connectivity index (χ0v) is 6.05. The Hall–Kier alpha value is -0.440. The van der Waals surface area contributed by atoms with Crippen molar-refractivity contribution in [3.8, 4) is 0 Å². The normalized spacial score (nSPS) is 10.1. The fourth-order valence-corrected chi connectivity index (χ4v) is 0.744. The van der Waals surface area contributed by atoms with Crippen molar-refractivity contribution in [2.75, 3.05) is 6.67 Å². The highest BCUT2D eigenvalue weighted by Crippen LogP contribution is 1.94. The Balaban J connectivity index is 3.19. The van der Waals surface area contributed by atoms with Crippen LogP contribution >= 0.6 is 0 Å². The first-order chi connectivity index (χ1) is 4.35. The fourth-order valence-electron chi connectivity index (χ4n) is 0.744. The van der Waals surface area contributed by atoms with E-state index in [4.69, 9.17) is 0 Å². The van der Waals surface area contributed by atoms with Crippen molar-refractivity contribution < 1.29 is 0 Å². The first-order valence-electron chi connectivity index (χ1n) is 3.37. The van der Waals surface area contributed by atoms with Crippen LogP contribution in [0.15, 0.2) is 5.18 Å². The molecular formula is C6H14N2O. The summed E-state index contributed by atoms with van der Waals surface area (Å²) in [5.74, 6) is 0. The van der Waals surface area contributed by atoms with Gasteiger partial charge in [-0.1, -0.05) is 19.0 Å². The van der Waals surface area contributed by atoms with E-state index in [2.05, 4.69) is 24.3 Å². The predicted octanol–water partition coefficient (Wildman–Crippen LogP) is 1.49. The zero-order chi connectivity index (χ0) is 7.11. The lowest BCUT2D eigenvalue weighted by molar-refractivity contribution is 0.493. The van der Waals surface area contributed by atoms with Gasteiger partial charge in [0.25, 0.3) is 0 Å².